The number of carbonyl (C=O) groups is 2. The Kier molecular flexibility index (Phi) is 16.4. The van der Waals surface area contributed by atoms with Crippen LogP contribution < -0.4 is 5.32 Å². The summed E-state index contributed by atoms with van der Waals surface area (Å²) in [4.78, 5) is 41.9. The number of fused-ring (bicyclic) bond motifs is 2. The van der Waals surface area contributed by atoms with Crippen LogP contribution in [0.15, 0.2) is 127 Å². The van der Waals surface area contributed by atoms with E-state index in [2.05, 4.69) is 47.1 Å². The van der Waals surface area contributed by atoms with Gasteiger partial charge >= 0.3 is 12.3 Å². The van der Waals surface area contributed by atoms with Gasteiger partial charge in [-0.15, -0.1) is 22.7 Å². The number of pyridine rings is 2. The average molecular weight is 1210 g/mol. The lowest BCUT2D eigenvalue weighted by atomic mass is 9.98. The number of hydrogen-bond acceptors (Lipinski definition) is 14. The van der Waals surface area contributed by atoms with Gasteiger partial charge < -0.3 is 15.0 Å². The van der Waals surface area contributed by atoms with Crippen LogP contribution in [0.2, 0.25) is 0 Å². The smallest absolute Gasteiger partial charge is 0.444 e. The van der Waals surface area contributed by atoms with Crippen LogP contribution in [0.3, 0.4) is 0 Å². The normalized spacial score (nSPS) is 15.1. The lowest BCUT2D eigenvalue weighted by Crippen LogP contribution is -2.41. The molecular weight excluding hydrogens is 1160 g/mol. The van der Waals surface area contributed by atoms with Crippen molar-refractivity contribution in [1.29, 1.82) is 0 Å². The predicted octanol–water partition coefficient (Wildman–Crippen LogP) is 11.6. The van der Waals surface area contributed by atoms with Gasteiger partial charge in [-0.1, -0.05) is 36.4 Å². The summed E-state index contributed by atoms with van der Waals surface area (Å²) in [6.07, 6.45) is 4.22. The van der Waals surface area contributed by atoms with Crippen molar-refractivity contribution in [2.24, 2.45) is 0 Å². The quantitative estimate of drug-likeness (QED) is 0.142. The van der Waals surface area contributed by atoms with E-state index in [0.29, 0.717) is 46.9 Å². The van der Waals surface area contributed by atoms with E-state index in [4.69, 9.17) is 19.5 Å². The molecule has 10 rings (SSSR count). The highest BCUT2D eigenvalue weighted by Gasteiger charge is 2.31. The summed E-state index contributed by atoms with van der Waals surface area (Å²) in [7, 11) is -7.61. The molecule has 73 heavy (non-hydrogen) atoms. The minimum absolute atomic E-state index is 0.193. The molecule has 0 aliphatic carbocycles. The highest BCUT2D eigenvalue weighted by Crippen LogP contribution is 2.39. The van der Waals surface area contributed by atoms with Gasteiger partial charge in [-0.05, 0) is 128 Å². The number of hydrogen-bond donors (Lipinski definition) is 1. The van der Waals surface area contributed by atoms with Crippen LogP contribution in [0.4, 0.5) is 18.0 Å². The maximum Gasteiger partial charge on any atom is 0.446 e. The lowest BCUT2D eigenvalue weighted by Gasteiger charge is -2.32. The molecule has 15 nitrogen and oxygen atoms in total. The molecule has 2 aromatic carbocycles. The van der Waals surface area contributed by atoms with E-state index >= 15 is 0 Å². The monoisotopic (exact) mass is 1200 g/mol. The number of amides is 1. The van der Waals surface area contributed by atoms with Crippen molar-refractivity contribution in [3.05, 3.63) is 127 Å². The highest BCUT2D eigenvalue weighted by molar-refractivity contribution is 9.10. The Balaban J connectivity index is 0.000000178. The van der Waals surface area contributed by atoms with Crippen molar-refractivity contribution in [3.63, 3.8) is 0 Å². The Morgan fingerprint density at radius 2 is 1.12 bits per heavy atom. The third kappa shape index (κ3) is 12.6. The van der Waals surface area contributed by atoms with Gasteiger partial charge in [0.05, 0.1) is 31.2 Å². The van der Waals surface area contributed by atoms with Gasteiger partial charge in [-0.3, -0.25) is 4.79 Å². The van der Waals surface area contributed by atoms with E-state index in [9.17, 15) is 34.8 Å². The Morgan fingerprint density at radius 3 is 1.52 bits per heavy atom. The molecule has 2 fully saturated rings. The largest absolute Gasteiger partial charge is 0.446 e. The van der Waals surface area contributed by atoms with Crippen molar-refractivity contribution < 1.29 is 44.3 Å². The highest BCUT2D eigenvalue weighted by atomic mass is 79.9. The maximum atomic E-state index is 13.5. The molecule has 2 saturated heterocycles. The van der Waals surface area contributed by atoms with Gasteiger partial charge in [0.2, 0.25) is 6.29 Å². The molecule has 8 heterocycles. The molecule has 24 heteroatoms. The Morgan fingerprint density at radius 1 is 0.712 bits per heavy atom. The van der Waals surface area contributed by atoms with Gasteiger partial charge in [0.25, 0.3) is 20.0 Å². The van der Waals surface area contributed by atoms with Crippen LogP contribution >= 0.6 is 54.5 Å². The number of benzene rings is 2. The first kappa shape index (κ1) is 53.9. The topological polar surface area (TPSA) is 188 Å². The molecule has 0 bridgehead atoms. The van der Waals surface area contributed by atoms with Gasteiger partial charge in [0, 0.05) is 91.3 Å². The van der Waals surface area contributed by atoms with E-state index < -0.39 is 38.1 Å². The molecule has 8 aromatic rings. The van der Waals surface area contributed by atoms with E-state index in [-0.39, 0.29) is 21.8 Å². The summed E-state index contributed by atoms with van der Waals surface area (Å²) in [5.74, 6) is 0.681. The number of piperidine rings is 2. The van der Waals surface area contributed by atoms with E-state index in [1.54, 1.807) is 113 Å². The molecule has 1 amide bonds. The molecular formula is C49H47Br2F3N8O7S4. The van der Waals surface area contributed by atoms with Crippen LogP contribution in [-0.2, 0) is 29.6 Å². The number of alkyl halides is 3. The van der Waals surface area contributed by atoms with E-state index in [1.807, 2.05) is 43.7 Å². The fourth-order valence-electron chi connectivity index (χ4n) is 8.20. The van der Waals surface area contributed by atoms with Crippen molar-refractivity contribution >= 4 is 109 Å². The lowest BCUT2D eigenvalue weighted by molar-refractivity contribution is -0.156. The fraction of sp³-hybridized carbons (Fsp3) is 0.306. The number of nitrogens with one attached hydrogen (secondary N) is 1. The van der Waals surface area contributed by atoms with Gasteiger partial charge in [-0.25, -0.2) is 49.5 Å². The van der Waals surface area contributed by atoms with Gasteiger partial charge in [-0.2, -0.15) is 13.2 Å². The summed E-state index contributed by atoms with van der Waals surface area (Å²) in [6, 6.07) is 20.5. The van der Waals surface area contributed by atoms with Crippen molar-refractivity contribution in [3.8, 4) is 22.5 Å². The summed E-state index contributed by atoms with van der Waals surface area (Å²) in [5.41, 5.74) is 3.21. The third-order valence-electron chi connectivity index (χ3n) is 11.7. The zero-order valence-electron chi connectivity index (χ0n) is 39.3. The van der Waals surface area contributed by atoms with Crippen LogP contribution in [-0.4, -0.2) is 100.0 Å². The first-order valence-corrected chi connectivity index (χ1v) is 28.9. The number of halogens is 5. The molecule has 0 radical (unpaired) electrons. The number of likely N-dealkylation sites (tertiary alicyclic amines) is 1. The van der Waals surface area contributed by atoms with Crippen LogP contribution in [0.5, 0.6) is 0 Å². The second-order valence-electron chi connectivity index (χ2n) is 17.9. The first-order chi connectivity index (χ1) is 34.6. The zero-order chi connectivity index (χ0) is 52.3. The van der Waals surface area contributed by atoms with Crippen molar-refractivity contribution in [1.82, 2.24) is 38.1 Å². The second kappa shape index (κ2) is 22.2. The fourth-order valence-corrected chi connectivity index (χ4v) is 13.5. The molecule has 384 valence electrons. The SMILES string of the molecule is CC(C)(C)OC(=O)N1CCC(c2nc(-c3cn(S(=O)(=O)c4ccccc4)c4ncc(Br)cc34)cs2)CC1.O=CC(F)(F)F.O=S(=O)(c1ccccc1)n1cc(-c2csc(C3CCNCC3)n2)c2cc(Br)cnc21. The summed E-state index contributed by atoms with van der Waals surface area (Å²) < 4.78 is 94.3. The standard InChI is InChI=1S/C26H27BrN4O4S2.C21H19BrN4O2S2.C2HF3O/c1-26(2,3)35-25(32)30-11-9-17(10-12-30)24-29-22(16-36-24)21-15-31(23-20(21)13-18(27)14-28-23)37(33,34)19-7-5-4-6-8-19;22-15-10-17-18(19-13-29-21(25-19)14-6-8-23-9-7-14)12-26(20(17)24-11-15)30(27,28)16-4-2-1-3-5-16;3-2(4,5)1-6/h4-8,13-17H,9-12H2,1-3H3;1-5,10-14,23H,6-9H2;1H. The number of thiazole rings is 2. The minimum atomic E-state index is -4.64. The Hall–Kier alpha value is -5.37. The molecule has 6 aromatic heterocycles. The number of ether oxygens (including phenoxy) is 1. The van der Waals surface area contributed by atoms with E-state index in [0.717, 1.165) is 74.4 Å². The molecule has 1 N–H and O–H groups in total. The van der Waals surface area contributed by atoms with Crippen molar-refractivity contribution in [2.75, 3.05) is 26.2 Å². The third-order valence-corrected chi connectivity index (χ3v) is 17.9. The number of carbonyl (C=O) groups excluding carboxylic acids is 2. The average Bonchev–Trinajstić information content (AvgIpc) is 4.20. The number of rotatable bonds is 8. The van der Waals surface area contributed by atoms with Gasteiger partial charge in [0.1, 0.15) is 5.60 Å². The minimum Gasteiger partial charge on any atom is -0.444 e. The molecule has 0 unspecified atom stereocenters. The predicted molar refractivity (Wildman–Crippen MR) is 282 cm³/mol. The first-order valence-electron chi connectivity index (χ1n) is 22.7. The van der Waals surface area contributed by atoms with E-state index in [1.165, 1.54) is 7.94 Å². The molecule has 0 atom stereocenters. The summed E-state index contributed by atoms with van der Waals surface area (Å²) >= 11 is 10.1. The van der Waals surface area contributed by atoms with Crippen LogP contribution in [0.25, 0.3) is 44.6 Å². The van der Waals surface area contributed by atoms with Gasteiger partial charge in [0.15, 0.2) is 11.3 Å². The van der Waals surface area contributed by atoms with Crippen molar-refractivity contribution in [2.45, 2.75) is 79.9 Å². The molecule has 2 aliphatic rings. The molecule has 0 saturated carbocycles. The summed E-state index contributed by atoms with van der Waals surface area (Å²) in [6.45, 7) is 8.83. The number of nitrogens with zero attached hydrogens (tertiary/aromatic N) is 7. The Labute approximate surface area is 444 Å². The maximum absolute atomic E-state index is 13.5. The summed E-state index contributed by atoms with van der Waals surface area (Å²) in [5, 5.41) is 10.9. The number of aromatic nitrogens is 6. The molecule has 2 aliphatic heterocycles. The molecule has 0 spiro atoms. The van der Waals surface area contributed by atoms with Crippen LogP contribution in [0.1, 0.15) is 68.3 Å². The second-order valence-corrected chi connectivity index (χ2v) is 25.2. The van der Waals surface area contributed by atoms with Crippen LogP contribution in [0, 0.1) is 0 Å². The Bertz CT molecular complexity index is 3480. The number of aldehydes is 1. The zero-order valence-corrected chi connectivity index (χ0v) is 45.7.